The summed E-state index contributed by atoms with van der Waals surface area (Å²) in [5, 5.41) is 8.18. The van der Waals surface area contributed by atoms with E-state index >= 15 is 0 Å². The molecule has 0 unspecified atom stereocenters. The Bertz CT molecular complexity index is 593. The fourth-order valence-corrected chi connectivity index (χ4v) is 2.74. The molecule has 0 bridgehead atoms. The molecule has 1 N–H and O–H groups in total. The standard InChI is InChI=1S/C16H23N3O/c1-4-15-11(2)18-19(12(15)3)10-16-13(7-8-20-16)9-17-14-5-6-14/h7-8,14,17H,4-6,9-10H2,1-3H3. The van der Waals surface area contributed by atoms with E-state index in [2.05, 4.69) is 41.9 Å². The molecule has 2 aromatic heterocycles. The summed E-state index contributed by atoms with van der Waals surface area (Å²) in [7, 11) is 0. The molecule has 108 valence electrons. The summed E-state index contributed by atoms with van der Waals surface area (Å²) in [5.41, 5.74) is 4.99. The van der Waals surface area contributed by atoms with Crippen molar-refractivity contribution in [3.63, 3.8) is 0 Å². The Labute approximate surface area is 120 Å². The fraction of sp³-hybridized carbons (Fsp3) is 0.562. The average molecular weight is 273 g/mol. The van der Waals surface area contributed by atoms with Gasteiger partial charge in [-0.15, -0.1) is 0 Å². The number of aryl methyl sites for hydroxylation is 1. The zero-order chi connectivity index (χ0) is 14.1. The quantitative estimate of drug-likeness (QED) is 0.880. The maximum Gasteiger partial charge on any atom is 0.129 e. The highest BCUT2D eigenvalue weighted by atomic mass is 16.3. The Balaban J connectivity index is 1.75. The van der Waals surface area contributed by atoms with Crippen molar-refractivity contribution in [2.75, 3.05) is 0 Å². The summed E-state index contributed by atoms with van der Waals surface area (Å²) in [5.74, 6) is 1.02. The fourth-order valence-electron chi connectivity index (χ4n) is 2.74. The molecular formula is C16H23N3O. The Morgan fingerprint density at radius 2 is 2.20 bits per heavy atom. The van der Waals surface area contributed by atoms with Crippen LogP contribution in [0.1, 0.15) is 48.0 Å². The van der Waals surface area contributed by atoms with Gasteiger partial charge in [-0.25, -0.2) is 0 Å². The summed E-state index contributed by atoms with van der Waals surface area (Å²) in [6.07, 6.45) is 5.44. The summed E-state index contributed by atoms with van der Waals surface area (Å²) >= 11 is 0. The minimum absolute atomic E-state index is 0.720. The van der Waals surface area contributed by atoms with E-state index < -0.39 is 0 Å². The lowest BCUT2D eigenvalue weighted by Gasteiger charge is -2.06. The van der Waals surface area contributed by atoms with Crippen LogP contribution in [-0.4, -0.2) is 15.8 Å². The maximum absolute atomic E-state index is 5.66. The molecule has 2 heterocycles. The summed E-state index contributed by atoms with van der Waals surface area (Å²) < 4.78 is 7.72. The Morgan fingerprint density at radius 3 is 2.85 bits per heavy atom. The van der Waals surface area contributed by atoms with Crippen molar-refractivity contribution in [3.05, 3.63) is 40.6 Å². The van der Waals surface area contributed by atoms with Gasteiger partial charge in [0.25, 0.3) is 0 Å². The number of aromatic nitrogens is 2. The summed E-state index contributed by atoms with van der Waals surface area (Å²) in [4.78, 5) is 0. The van der Waals surface area contributed by atoms with Crippen LogP contribution in [0.3, 0.4) is 0 Å². The molecule has 0 amide bonds. The minimum Gasteiger partial charge on any atom is -0.467 e. The first kappa shape index (κ1) is 13.4. The van der Waals surface area contributed by atoms with Gasteiger partial charge < -0.3 is 9.73 Å². The smallest absolute Gasteiger partial charge is 0.129 e. The highest BCUT2D eigenvalue weighted by Crippen LogP contribution is 2.21. The van der Waals surface area contributed by atoms with E-state index in [0.29, 0.717) is 0 Å². The molecule has 0 saturated heterocycles. The Morgan fingerprint density at radius 1 is 1.40 bits per heavy atom. The summed E-state index contributed by atoms with van der Waals surface area (Å²) in [6, 6.07) is 2.79. The number of furan rings is 1. The first-order valence-electron chi connectivity index (χ1n) is 7.50. The zero-order valence-electron chi connectivity index (χ0n) is 12.6. The van der Waals surface area contributed by atoms with Gasteiger partial charge in [0, 0.05) is 23.8 Å². The van der Waals surface area contributed by atoms with E-state index in [4.69, 9.17) is 4.42 Å². The van der Waals surface area contributed by atoms with E-state index in [1.165, 1.54) is 29.7 Å². The van der Waals surface area contributed by atoms with Crippen molar-refractivity contribution < 1.29 is 4.42 Å². The molecule has 1 fully saturated rings. The van der Waals surface area contributed by atoms with E-state index in [0.717, 1.165) is 37.0 Å². The van der Waals surface area contributed by atoms with Crippen molar-refractivity contribution in [1.82, 2.24) is 15.1 Å². The highest BCUT2D eigenvalue weighted by Gasteiger charge is 2.21. The molecule has 0 aromatic carbocycles. The van der Waals surface area contributed by atoms with E-state index in [1.54, 1.807) is 6.26 Å². The van der Waals surface area contributed by atoms with Crippen LogP contribution < -0.4 is 5.32 Å². The molecule has 1 aliphatic carbocycles. The monoisotopic (exact) mass is 273 g/mol. The molecule has 1 saturated carbocycles. The van der Waals surface area contributed by atoms with Crippen molar-refractivity contribution >= 4 is 0 Å². The van der Waals surface area contributed by atoms with E-state index in [1.807, 2.05) is 0 Å². The van der Waals surface area contributed by atoms with Gasteiger partial charge in [0.05, 0.1) is 18.5 Å². The van der Waals surface area contributed by atoms with Crippen molar-refractivity contribution in [1.29, 1.82) is 0 Å². The molecule has 1 aliphatic rings. The first-order valence-corrected chi connectivity index (χ1v) is 7.50. The van der Waals surface area contributed by atoms with Crippen LogP contribution in [0.15, 0.2) is 16.7 Å². The second-order valence-corrected chi connectivity index (χ2v) is 5.68. The number of rotatable bonds is 6. The maximum atomic E-state index is 5.66. The zero-order valence-corrected chi connectivity index (χ0v) is 12.6. The van der Waals surface area contributed by atoms with Gasteiger partial charge in [-0.2, -0.15) is 5.10 Å². The predicted octanol–water partition coefficient (Wildman–Crippen LogP) is 2.96. The number of hydrogen-bond donors (Lipinski definition) is 1. The lowest BCUT2D eigenvalue weighted by molar-refractivity contribution is 0.468. The van der Waals surface area contributed by atoms with Gasteiger partial charge in [-0.05, 0) is 44.7 Å². The van der Waals surface area contributed by atoms with Gasteiger partial charge in [0.2, 0.25) is 0 Å². The molecule has 0 atom stereocenters. The van der Waals surface area contributed by atoms with Gasteiger partial charge >= 0.3 is 0 Å². The molecule has 4 heteroatoms. The molecule has 4 nitrogen and oxygen atoms in total. The van der Waals surface area contributed by atoms with Gasteiger partial charge in [-0.1, -0.05) is 6.92 Å². The Hall–Kier alpha value is -1.55. The van der Waals surface area contributed by atoms with E-state index in [9.17, 15) is 0 Å². The molecule has 0 aliphatic heterocycles. The largest absolute Gasteiger partial charge is 0.467 e. The van der Waals surface area contributed by atoms with E-state index in [-0.39, 0.29) is 0 Å². The lowest BCUT2D eigenvalue weighted by atomic mass is 10.1. The highest BCUT2D eigenvalue weighted by molar-refractivity contribution is 5.26. The van der Waals surface area contributed by atoms with Gasteiger partial charge in [0.1, 0.15) is 5.76 Å². The van der Waals surface area contributed by atoms with Crippen LogP contribution >= 0.6 is 0 Å². The van der Waals surface area contributed by atoms with Gasteiger partial charge in [-0.3, -0.25) is 4.68 Å². The second kappa shape index (κ2) is 5.44. The van der Waals surface area contributed by atoms with Crippen LogP contribution in [0.2, 0.25) is 0 Å². The van der Waals surface area contributed by atoms with Crippen LogP contribution in [-0.2, 0) is 19.5 Å². The molecule has 2 aromatic rings. The third-order valence-electron chi connectivity index (χ3n) is 4.17. The van der Waals surface area contributed by atoms with Crippen molar-refractivity contribution in [2.24, 2.45) is 0 Å². The molecule has 0 spiro atoms. The average Bonchev–Trinajstić information content (AvgIpc) is 3.09. The Kier molecular flexibility index (Phi) is 3.66. The van der Waals surface area contributed by atoms with Crippen LogP contribution in [0.25, 0.3) is 0 Å². The second-order valence-electron chi connectivity index (χ2n) is 5.68. The number of nitrogens with one attached hydrogen (secondary N) is 1. The van der Waals surface area contributed by atoms with Crippen LogP contribution in [0.5, 0.6) is 0 Å². The molecule has 3 rings (SSSR count). The molecule has 0 radical (unpaired) electrons. The topological polar surface area (TPSA) is 43.0 Å². The SMILES string of the molecule is CCc1c(C)nn(Cc2occc2CNC2CC2)c1C. The van der Waals surface area contributed by atoms with Crippen molar-refractivity contribution in [2.45, 2.75) is 59.2 Å². The van der Waals surface area contributed by atoms with Crippen LogP contribution in [0, 0.1) is 13.8 Å². The molecular weight excluding hydrogens is 250 g/mol. The minimum atomic E-state index is 0.720. The lowest BCUT2D eigenvalue weighted by Crippen LogP contribution is -2.16. The molecule has 20 heavy (non-hydrogen) atoms. The van der Waals surface area contributed by atoms with Crippen molar-refractivity contribution in [3.8, 4) is 0 Å². The van der Waals surface area contributed by atoms with Crippen LogP contribution in [0.4, 0.5) is 0 Å². The first-order chi connectivity index (χ1) is 9.69. The number of nitrogens with zero attached hydrogens (tertiary/aromatic N) is 2. The third kappa shape index (κ3) is 2.66. The summed E-state index contributed by atoms with van der Waals surface area (Å²) in [6.45, 7) is 8.03. The van der Waals surface area contributed by atoms with Gasteiger partial charge in [0.15, 0.2) is 0 Å². The third-order valence-corrected chi connectivity index (χ3v) is 4.17. The normalized spacial score (nSPS) is 14.9. The number of hydrogen-bond acceptors (Lipinski definition) is 3. The predicted molar refractivity (Wildman–Crippen MR) is 78.8 cm³/mol.